The van der Waals surface area contributed by atoms with E-state index >= 15 is 0 Å². The number of hydrogen-bond acceptors (Lipinski definition) is 1. The summed E-state index contributed by atoms with van der Waals surface area (Å²) in [5, 5.41) is 11.1. The number of carboxylic acids is 1. The van der Waals surface area contributed by atoms with Gasteiger partial charge in [0.05, 0.1) is 5.56 Å². The van der Waals surface area contributed by atoms with Gasteiger partial charge in [0, 0.05) is 24.3 Å². The SMILES string of the molecule is CCCCCCn1cc2ccc(C(=O)O)cc2c1. The molecule has 0 saturated heterocycles. The number of nitrogens with zero attached hydrogens (tertiary/aromatic N) is 1. The zero-order chi connectivity index (χ0) is 13.0. The number of carboxylic acid groups (broad SMARTS) is 1. The summed E-state index contributed by atoms with van der Waals surface area (Å²) < 4.78 is 2.16. The van der Waals surface area contributed by atoms with E-state index in [1.807, 2.05) is 12.3 Å². The Bertz CT molecular complexity index is 542. The Morgan fingerprint density at radius 2 is 1.94 bits per heavy atom. The van der Waals surface area contributed by atoms with Crippen LogP contribution in [0.25, 0.3) is 10.8 Å². The second-order valence-electron chi connectivity index (χ2n) is 4.71. The lowest BCUT2D eigenvalue weighted by Crippen LogP contribution is -1.94. The summed E-state index contributed by atoms with van der Waals surface area (Å²) in [6.45, 7) is 3.22. The second-order valence-corrected chi connectivity index (χ2v) is 4.71. The number of aryl methyl sites for hydroxylation is 1. The molecule has 0 aliphatic rings. The minimum Gasteiger partial charge on any atom is -0.478 e. The third-order valence-corrected chi connectivity index (χ3v) is 3.21. The number of aromatic nitrogens is 1. The highest BCUT2D eigenvalue weighted by molar-refractivity contribution is 5.94. The first-order valence-corrected chi connectivity index (χ1v) is 6.53. The van der Waals surface area contributed by atoms with E-state index in [4.69, 9.17) is 5.11 Å². The lowest BCUT2D eigenvalue weighted by molar-refractivity contribution is 0.0697. The molecule has 0 spiro atoms. The molecule has 2 aromatic rings. The van der Waals surface area contributed by atoms with E-state index in [-0.39, 0.29) is 0 Å². The Balaban J connectivity index is 2.09. The largest absolute Gasteiger partial charge is 0.478 e. The van der Waals surface area contributed by atoms with Gasteiger partial charge in [0.1, 0.15) is 0 Å². The van der Waals surface area contributed by atoms with Crippen LogP contribution in [0.15, 0.2) is 30.6 Å². The minimum atomic E-state index is -0.868. The first kappa shape index (κ1) is 12.7. The van der Waals surface area contributed by atoms with Crippen LogP contribution in [0.3, 0.4) is 0 Å². The van der Waals surface area contributed by atoms with Crippen LogP contribution in [-0.2, 0) is 6.54 Å². The zero-order valence-electron chi connectivity index (χ0n) is 10.7. The average molecular weight is 245 g/mol. The van der Waals surface area contributed by atoms with Gasteiger partial charge in [0.15, 0.2) is 0 Å². The molecule has 0 saturated carbocycles. The Kier molecular flexibility index (Phi) is 4.03. The Morgan fingerprint density at radius 1 is 1.17 bits per heavy atom. The second kappa shape index (κ2) is 5.71. The summed E-state index contributed by atoms with van der Waals surface area (Å²) in [7, 11) is 0. The molecule has 0 unspecified atom stereocenters. The monoisotopic (exact) mass is 245 g/mol. The van der Waals surface area contributed by atoms with Crippen LogP contribution in [0.2, 0.25) is 0 Å². The molecule has 3 heteroatoms. The molecule has 1 heterocycles. The molecular formula is C15H19NO2. The van der Waals surface area contributed by atoms with Gasteiger partial charge in [0.2, 0.25) is 0 Å². The maximum Gasteiger partial charge on any atom is 0.335 e. The van der Waals surface area contributed by atoms with E-state index < -0.39 is 5.97 Å². The maximum absolute atomic E-state index is 10.9. The van der Waals surface area contributed by atoms with Gasteiger partial charge < -0.3 is 9.67 Å². The predicted molar refractivity (Wildman–Crippen MR) is 73.0 cm³/mol. The van der Waals surface area contributed by atoms with Crippen molar-refractivity contribution in [3.05, 3.63) is 36.2 Å². The highest BCUT2D eigenvalue weighted by Crippen LogP contribution is 2.18. The number of benzene rings is 1. The number of hydrogen-bond donors (Lipinski definition) is 1. The molecule has 1 aromatic carbocycles. The smallest absolute Gasteiger partial charge is 0.335 e. The number of unbranched alkanes of at least 4 members (excludes halogenated alkanes) is 3. The van der Waals surface area contributed by atoms with E-state index in [0.29, 0.717) is 5.56 Å². The third kappa shape index (κ3) is 2.92. The molecule has 1 N–H and O–H groups in total. The molecule has 0 fully saturated rings. The highest BCUT2D eigenvalue weighted by Gasteiger charge is 2.05. The molecule has 0 atom stereocenters. The van der Waals surface area contributed by atoms with E-state index in [1.165, 1.54) is 25.7 Å². The standard InChI is InChI=1S/C15H19NO2/c1-2-3-4-5-8-16-10-13-7-6-12(15(17)18)9-14(13)11-16/h6-7,9-11H,2-5,8H2,1H3,(H,17,18). The molecule has 3 nitrogen and oxygen atoms in total. The quantitative estimate of drug-likeness (QED) is 0.784. The van der Waals surface area contributed by atoms with Gasteiger partial charge in [-0.15, -0.1) is 0 Å². The lowest BCUT2D eigenvalue weighted by atomic mass is 10.1. The fourth-order valence-electron chi connectivity index (χ4n) is 2.18. The maximum atomic E-state index is 10.9. The zero-order valence-corrected chi connectivity index (χ0v) is 10.7. The lowest BCUT2D eigenvalue weighted by Gasteiger charge is -2.01. The van der Waals surface area contributed by atoms with E-state index in [2.05, 4.69) is 17.7 Å². The Hall–Kier alpha value is -1.77. The van der Waals surface area contributed by atoms with Crippen molar-refractivity contribution in [2.45, 2.75) is 39.2 Å². The van der Waals surface area contributed by atoms with E-state index in [9.17, 15) is 4.79 Å². The Labute approximate surface area is 107 Å². The molecule has 2 rings (SSSR count). The van der Waals surface area contributed by atoms with Gasteiger partial charge >= 0.3 is 5.97 Å². The van der Waals surface area contributed by atoms with Crippen molar-refractivity contribution >= 4 is 16.7 Å². The summed E-state index contributed by atoms with van der Waals surface area (Å²) in [6, 6.07) is 5.27. The van der Waals surface area contributed by atoms with Crippen molar-refractivity contribution in [1.29, 1.82) is 0 Å². The van der Waals surface area contributed by atoms with Gasteiger partial charge in [-0.1, -0.05) is 32.3 Å². The van der Waals surface area contributed by atoms with Gasteiger partial charge in [0.25, 0.3) is 0 Å². The molecule has 0 aliphatic carbocycles. The van der Waals surface area contributed by atoms with Crippen LogP contribution in [0, 0.1) is 0 Å². The van der Waals surface area contributed by atoms with Crippen LogP contribution in [-0.4, -0.2) is 15.6 Å². The van der Waals surface area contributed by atoms with Crippen LogP contribution in [0.1, 0.15) is 43.0 Å². The molecule has 18 heavy (non-hydrogen) atoms. The van der Waals surface area contributed by atoms with Crippen LogP contribution in [0.5, 0.6) is 0 Å². The normalized spacial score (nSPS) is 10.9. The summed E-state index contributed by atoms with van der Waals surface area (Å²) in [6.07, 6.45) is 9.09. The number of aromatic carboxylic acids is 1. The fraction of sp³-hybridized carbons (Fsp3) is 0.400. The molecule has 0 amide bonds. The fourth-order valence-corrected chi connectivity index (χ4v) is 2.18. The van der Waals surface area contributed by atoms with Crippen molar-refractivity contribution in [3.63, 3.8) is 0 Å². The topological polar surface area (TPSA) is 42.2 Å². The van der Waals surface area contributed by atoms with Gasteiger partial charge in [-0.3, -0.25) is 0 Å². The Morgan fingerprint density at radius 3 is 2.67 bits per heavy atom. The minimum absolute atomic E-state index is 0.353. The van der Waals surface area contributed by atoms with Crippen LogP contribution >= 0.6 is 0 Å². The molecule has 0 bridgehead atoms. The molecule has 0 radical (unpaired) electrons. The van der Waals surface area contributed by atoms with Crippen molar-refractivity contribution in [2.24, 2.45) is 0 Å². The average Bonchev–Trinajstić information content (AvgIpc) is 2.76. The van der Waals surface area contributed by atoms with Crippen LogP contribution in [0.4, 0.5) is 0 Å². The van der Waals surface area contributed by atoms with Crippen molar-refractivity contribution < 1.29 is 9.90 Å². The first-order chi connectivity index (χ1) is 8.70. The van der Waals surface area contributed by atoms with Crippen LogP contribution < -0.4 is 0 Å². The van der Waals surface area contributed by atoms with E-state index in [1.54, 1.807) is 12.1 Å². The summed E-state index contributed by atoms with van der Waals surface area (Å²) >= 11 is 0. The van der Waals surface area contributed by atoms with Gasteiger partial charge in [-0.2, -0.15) is 0 Å². The van der Waals surface area contributed by atoms with Gasteiger partial charge in [-0.05, 0) is 23.9 Å². The van der Waals surface area contributed by atoms with Crippen molar-refractivity contribution in [2.75, 3.05) is 0 Å². The molecule has 0 aliphatic heterocycles. The van der Waals surface area contributed by atoms with Crippen molar-refractivity contribution in [3.8, 4) is 0 Å². The molecule has 96 valence electrons. The number of fused-ring (bicyclic) bond motifs is 1. The molecular weight excluding hydrogens is 226 g/mol. The van der Waals surface area contributed by atoms with Crippen molar-refractivity contribution in [1.82, 2.24) is 4.57 Å². The van der Waals surface area contributed by atoms with Gasteiger partial charge in [-0.25, -0.2) is 4.79 Å². The number of carbonyl (C=O) groups is 1. The first-order valence-electron chi connectivity index (χ1n) is 6.53. The summed E-state index contributed by atoms with van der Waals surface area (Å²) in [5.74, 6) is -0.868. The summed E-state index contributed by atoms with van der Waals surface area (Å²) in [5.41, 5.74) is 0.353. The third-order valence-electron chi connectivity index (χ3n) is 3.21. The number of rotatable bonds is 6. The summed E-state index contributed by atoms with van der Waals surface area (Å²) in [4.78, 5) is 10.9. The molecule has 1 aromatic heterocycles. The highest BCUT2D eigenvalue weighted by atomic mass is 16.4. The van der Waals surface area contributed by atoms with E-state index in [0.717, 1.165) is 17.3 Å². The predicted octanol–water partition coefficient (Wildman–Crippen LogP) is 3.92.